The maximum Gasteiger partial charge on any atom is 0.191 e. The van der Waals surface area contributed by atoms with Crippen LogP contribution >= 0.6 is 35.6 Å². The minimum atomic E-state index is 0. The normalized spacial score (nSPS) is 10.5. The molecule has 0 unspecified atom stereocenters. The van der Waals surface area contributed by atoms with Crippen LogP contribution in [0.3, 0.4) is 0 Å². The highest BCUT2D eigenvalue weighted by Crippen LogP contribution is 2.09. The van der Waals surface area contributed by atoms with E-state index in [9.17, 15) is 0 Å². The van der Waals surface area contributed by atoms with Crippen LogP contribution in [-0.2, 0) is 13.0 Å². The molecule has 0 aliphatic carbocycles. The summed E-state index contributed by atoms with van der Waals surface area (Å²) in [5, 5.41) is 16.2. The lowest BCUT2D eigenvalue weighted by Crippen LogP contribution is -2.37. The average molecular weight is 455 g/mol. The number of aliphatic imine (C=N–C) groups is 1. The van der Waals surface area contributed by atoms with E-state index in [1.165, 1.54) is 5.56 Å². The minimum Gasteiger partial charge on any atom is -0.356 e. The Bertz CT molecular complexity index is 708. The largest absolute Gasteiger partial charge is 0.356 e. The predicted octanol–water partition coefficient (Wildman–Crippen LogP) is 3.74. The molecule has 0 spiro atoms. The van der Waals surface area contributed by atoms with Gasteiger partial charge in [0.25, 0.3) is 0 Å². The maximum absolute atomic E-state index is 8.91. The molecule has 6 heteroatoms. The molecule has 2 N–H and O–H groups in total. The molecule has 0 heterocycles. The first-order chi connectivity index (χ1) is 11.2. The molecular weight excluding hydrogens is 435 g/mol. The number of benzene rings is 2. The standard InChI is InChI=1S/C18H19ClN4.HI/c1-21-18(22-10-9-14-5-7-17(19)8-6-14)23-13-16-4-2-3-15(11-16)12-20;/h2-8,11H,9-10,13H2,1H3,(H2,21,22,23);1H. The fourth-order valence-corrected chi connectivity index (χ4v) is 2.26. The molecule has 0 saturated carbocycles. The van der Waals surface area contributed by atoms with Gasteiger partial charge in [-0.1, -0.05) is 35.9 Å². The fraction of sp³-hybridized carbons (Fsp3) is 0.222. The quantitative estimate of drug-likeness (QED) is 0.411. The molecular formula is C18H20ClIN4. The Balaban J connectivity index is 0.00000288. The van der Waals surface area contributed by atoms with Crippen molar-refractivity contribution < 1.29 is 0 Å². The third-order valence-electron chi connectivity index (χ3n) is 3.36. The van der Waals surface area contributed by atoms with Crippen molar-refractivity contribution in [3.8, 4) is 6.07 Å². The smallest absolute Gasteiger partial charge is 0.191 e. The van der Waals surface area contributed by atoms with E-state index in [4.69, 9.17) is 16.9 Å². The average Bonchev–Trinajstić information content (AvgIpc) is 2.59. The zero-order valence-corrected chi connectivity index (χ0v) is 16.5. The van der Waals surface area contributed by atoms with Gasteiger partial charge in [0.1, 0.15) is 0 Å². The molecule has 0 bridgehead atoms. The summed E-state index contributed by atoms with van der Waals surface area (Å²) in [4.78, 5) is 4.20. The first-order valence-corrected chi connectivity index (χ1v) is 7.77. The van der Waals surface area contributed by atoms with Gasteiger partial charge in [-0.2, -0.15) is 5.26 Å². The Morgan fingerprint density at radius 1 is 1.12 bits per heavy atom. The second kappa shape index (κ2) is 10.9. The van der Waals surface area contributed by atoms with Crippen LogP contribution in [0.25, 0.3) is 0 Å². The summed E-state index contributed by atoms with van der Waals surface area (Å²) < 4.78 is 0. The van der Waals surface area contributed by atoms with E-state index in [1.54, 1.807) is 13.1 Å². The number of guanidine groups is 1. The summed E-state index contributed by atoms with van der Waals surface area (Å²) >= 11 is 5.87. The minimum absolute atomic E-state index is 0. The van der Waals surface area contributed by atoms with Gasteiger partial charge >= 0.3 is 0 Å². The van der Waals surface area contributed by atoms with Crippen LogP contribution in [0.2, 0.25) is 5.02 Å². The molecule has 2 aromatic carbocycles. The summed E-state index contributed by atoms with van der Waals surface area (Å²) in [5.74, 6) is 0.737. The molecule has 0 aliphatic rings. The van der Waals surface area contributed by atoms with E-state index in [-0.39, 0.29) is 24.0 Å². The summed E-state index contributed by atoms with van der Waals surface area (Å²) in [6, 6.07) is 17.5. The van der Waals surface area contributed by atoms with Crippen LogP contribution in [0.15, 0.2) is 53.5 Å². The first kappa shape index (κ1) is 20.3. The summed E-state index contributed by atoms with van der Waals surface area (Å²) in [6.07, 6.45) is 0.891. The van der Waals surface area contributed by atoms with Crippen molar-refractivity contribution in [2.24, 2.45) is 4.99 Å². The van der Waals surface area contributed by atoms with Gasteiger partial charge in [0.2, 0.25) is 0 Å². The van der Waals surface area contributed by atoms with Crippen LogP contribution in [0.1, 0.15) is 16.7 Å². The van der Waals surface area contributed by atoms with E-state index in [2.05, 4.69) is 21.7 Å². The van der Waals surface area contributed by atoms with E-state index in [1.807, 2.05) is 42.5 Å². The van der Waals surface area contributed by atoms with Crippen LogP contribution < -0.4 is 10.6 Å². The van der Waals surface area contributed by atoms with E-state index in [0.29, 0.717) is 12.1 Å². The lowest BCUT2D eigenvalue weighted by atomic mass is 10.1. The number of hydrogen-bond acceptors (Lipinski definition) is 2. The molecule has 0 aromatic heterocycles. The highest BCUT2D eigenvalue weighted by molar-refractivity contribution is 14.0. The second-order valence-electron chi connectivity index (χ2n) is 5.04. The lowest BCUT2D eigenvalue weighted by molar-refractivity contribution is 0.794. The molecule has 24 heavy (non-hydrogen) atoms. The van der Waals surface area contributed by atoms with Crippen molar-refractivity contribution in [2.45, 2.75) is 13.0 Å². The third-order valence-corrected chi connectivity index (χ3v) is 3.61. The van der Waals surface area contributed by atoms with Crippen molar-refractivity contribution in [1.82, 2.24) is 10.6 Å². The maximum atomic E-state index is 8.91. The highest BCUT2D eigenvalue weighted by atomic mass is 127. The Morgan fingerprint density at radius 3 is 2.54 bits per heavy atom. The van der Waals surface area contributed by atoms with Gasteiger partial charge in [-0.15, -0.1) is 24.0 Å². The molecule has 0 radical (unpaired) electrons. The Kier molecular flexibility index (Phi) is 9.20. The molecule has 0 atom stereocenters. The van der Waals surface area contributed by atoms with Crippen molar-refractivity contribution in [2.75, 3.05) is 13.6 Å². The summed E-state index contributed by atoms with van der Waals surface area (Å²) in [7, 11) is 1.74. The van der Waals surface area contributed by atoms with Gasteiger partial charge in [0.15, 0.2) is 5.96 Å². The molecule has 0 aliphatic heterocycles. The molecule has 2 rings (SSSR count). The van der Waals surface area contributed by atoms with Gasteiger partial charge in [-0.3, -0.25) is 4.99 Å². The zero-order valence-electron chi connectivity index (χ0n) is 13.4. The molecule has 4 nitrogen and oxygen atoms in total. The fourth-order valence-electron chi connectivity index (χ4n) is 2.13. The van der Waals surface area contributed by atoms with Gasteiger partial charge in [0.05, 0.1) is 11.6 Å². The van der Waals surface area contributed by atoms with Crippen LogP contribution in [0.5, 0.6) is 0 Å². The van der Waals surface area contributed by atoms with E-state index >= 15 is 0 Å². The number of rotatable bonds is 5. The molecule has 126 valence electrons. The van der Waals surface area contributed by atoms with Crippen molar-refractivity contribution in [1.29, 1.82) is 5.26 Å². The SMILES string of the molecule is CN=C(NCCc1ccc(Cl)cc1)NCc1cccc(C#N)c1.I. The second-order valence-corrected chi connectivity index (χ2v) is 5.48. The molecule has 0 fully saturated rings. The zero-order chi connectivity index (χ0) is 16.5. The van der Waals surface area contributed by atoms with E-state index in [0.717, 1.165) is 29.5 Å². The number of nitriles is 1. The van der Waals surface area contributed by atoms with E-state index < -0.39 is 0 Å². The summed E-state index contributed by atoms with van der Waals surface area (Å²) in [6.45, 7) is 1.40. The van der Waals surface area contributed by atoms with Gasteiger partial charge < -0.3 is 10.6 Å². The van der Waals surface area contributed by atoms with Crippen molar-refractivity contribution >= 4 is 41.5 Å². The highest BCUT2D eigenvalue weighted by Gasteiger charge is 2.00. The summed E-state index contributed by atoms with van der Waals surface area (Å²) in [5.41, 5.74) is 2.93. The van der Waals surface area contributed by atoms with Gasteiger partial charge in [-0.05, 0) is 41.8 Å². The Morgan fingerprint density at radius 2 is 1.88 bits per heavy atom. The van der Waals surface area contributed by atoms with Crippen LogP contribution in [0.4, 0.5) is 0 Å². The Hall–Kier alpha value is -1.78. The molecule has 2 aromatic rings. The third kappa shape index (κ3) is 6.77. The topological polar surface area (TPSA) is 60.2 Å². The first-order valence-electron chi connectivity index (χ1n) is 7.39. The molecule has 0 saturated heterocycles. The van der Waals surface area contributed by atoms with Crippen molar-refractivity contribution in [3.05, 3.63) is 70.2 Å². The number of halogens is 2. The predicted molar refractivity (Wildman–Crippen MR) is 110 cm³/mol. The van der Waals surface area contributed by atoms with Crippen molar-refractivity contribution in [3.63, 3.8) is 0 Å². The lowest BCUT2D eigenvalue weighted by Gasteiger charge is -2.12. The monoisotopic (exact) mass is 454 g/mol. The van der Waals surface area contributed by atoms with Gasteiger partial charge in [-0.25, -0.2) is 0 Å². The van der Waals surface area contributed by atoms with Crippen LogP contribution in [0, 0.1) is 11.3 Å². The molecule has 0 amide bonds. The van der Waals surface area contributed by atoms with Gasteiger partial charge in [0, 0.05) is 25.2 Å². The number of nitrogens with zero attached hydrogens (tertiary/aromatic N) is 2. The Labute approximate surface area is 165 Å². The number of nitrogens with one attached hydrogen (secondary N) is 2. The van der Waals surface area contributed by atoms with Crippen LogP contribution in [-0.4, -0.2) is 19.6 Å². The number of hydrogen-bond donors (Lipinski definition) is 2.